The van der Waals surface area contributed by atoms with Gasteiger partial charge in [-0.2, -0.15) is 0 Å². The van der Waals surface area contributed by atoms with Gasteiger partial charge in [0.05, 0.1) is 12.0 Å². The Labute approximate surface area is 289 Å². The highest BCUT2D eigenvalue weighted by atomic mass is 35.5. The lowest BCUT2D eigenvalue weighted by Crippen LogP contribution is -2.45. The molecule has 5 aromatic carbocycles. The van der Waals surface area contributed by atoms with Gasteiger partial charge in [-0.1, -0.05) is 66.2 Å². The summed E-state index contributed by atoms with van der Waals surface area (Å²) in [6.45, 7) is -0.152. The van der Waals surface area contributed by atoms with E-state index in [-0.39, 0.29) is 29.4 Å². The van der Waals surface area contributed by atoms with Crippen LogP contribution in [0.1, 0.15) is 22.7 Å². The summed E-state index contributed by atoms with van der Waals surface area (Å²) >= 11 is 6.11. The van der Waals surface area contributed by atoms with E-state index in [0.29, 0.717) is 16.3 Å². The Kier molecular flexibility index (Phi) is 11.5. The number of halogens is 2. The number of carbonyl (C=O) groups is 2. The van der Waals surface area contributed by atoms with Crippen molar-refractivity contribution in [3.05, 3.63) is 155 Å². The van der Waals surface area contributed by atoms with Crippen molar-refractivity contribution >= 4 is 39.1 Å². The van der Waals surface area contributed by atoms with E-state index >= 15 is 0 Å². The van der Waals surface area contributed by atoms with Crippen LogP contribution in [0.3, 0.4) is 0 Å². The van der Waals surface area contributed by atoms with Gasteiger partial charge in [-0.05, 0) is 89.5 Å². The maximum Gasteiger partial charge on any atom is 0.261 e. The third kappa shape index (κ3) is 9.59. The van der Waals surface area contributed by atoms with E-state index in [1.54, 1.807) is 67.8 Å². The van der Waals surface area contributed by atoms with Gasteiger partial charge in [-0.25, -0.2) is 12.8 Å². The second kappa shape index (κ2) is 16.1. The van der Waals surface area contributed by atoms with Crippen molar-refractivity contribution in [2.45, 2.75) is 24.0 Å². The summed E-state index contributed by atoms with van der Waals surface area (Å²) in [5.74, 6) is -0.448. The SMILES string of the molecule is COc1ccc(CNC(=O)C(c2ccccc2)N(Cc2ccc(Cl)cc2)C(=O)COc2ccc(S(=O)(=O)Nc3ccc(F)cc3)cc2)cc1. The number of nitrogens with one attached hydrogen (secondary N) is 2. The summed E-state index contributed by atoms with van der Waals surface area (Å²) in [6.07, 6.45) is 0. The van der Waals surface area contributed by atoms with Crippen molar-refractivity contribution < 1.29 is 31.9 Å². The second-order valence-corrected chi connectivity index (χ2v) is 13.0. The van der Waals surface area contributed by atoms with Crippen molar-refractivity contribution in [2.24, 2.45) is 0 Å². The minimum Gasteiger partial charge on any atom is -0.497 e. The van der Waals surface area contributed by atoms with E-state index < -0.39 is 40.3 Å². The van der Waals surface area contributed by atoms with E-state index in [2.05, 4.69) is 10.0 Å². The van der Waals surface area contributed by atoms with Gasteiger partial charge >= 0.3 is 0 Å². The first-order chi connectivity index (χ1) is 23.6. The van der Waals surface area contributed by atoms with Crippen molar-refractivity contribution in [1.29, 1.82) is 0 Å². The molecule has 49 heavy (non-hydrogen) atoms. The van der Waals surface area contributed by atoms with E-state index in [1.807, 2.05) is 18.2 Å². The maximum absolute atomic E-state index is 14.0. The van der Waals surface area contributed by atoms with Gasteiger partial charge in [0.25, 0.3) is 15.9 Å². The third-order valence-electron chi connectivity index (χ3n) is 7.48. The lowest BCUT2D eigenvalue weighted by Gasteiger charge is -2.31. The molecule has 0 saturated carbocycles. The second-order valence-electron chi connectivity index (χ2n) is 10.9. The van der Waals surface area contributed by atoms with Gasteiger partial charge in [0.2, 0.25) is 5.91 Å². The fourth-order valence-electron chi connectivity index (χ4n) is 4.92. The van der Waals surface area contributed by atoms with Crippen LogP contribution in [0.5, 0.6) is 11.5 Å². The highest BCUT2D eigenvalue weighted by Gasteiger charge is 2.32. The quantitative estimate of drug-likeness (QED) is 0.132. The molecule has 0 aliphatic rings. The molecule has 0 aromatic heterocycles. The monoisotopic (exact) mass is 701 g/mol. The van der Waals surface area contributed by atoms with Crippen LogP contribution in [-0.2, 0) is 32.7 Å². The number of ether oxygens (including phenoxy) is 2. The largest absolute Gasteiger partial charge is 0.497 e. The number of sulfonamides is 1. The summed E-state index contributed by atoms with van der Waals surface area (Å²) in [7, 11) is -2.39. The predicted octanol–water partition coefficient (Wildman–Crippen LogP) is 6.75. The fraction of sp³-hybridized carbons (Fsp3) is 0.135. The first-order valence-corrected chi connectivity index (χ1v) is 17.0. The molecule has 0 aliphatic carbocycles. The normalized spacial score (nSPS) is 11.7. The Bertz CT molecular complexity index is 1960. The Balaban J connectivity index is 1.35. The average molecular weight is 702 g/mol. The number of hydrogen-bond acceptors (Lipinski definition) is 6. The van der Waals surface area contributed by atoms with Crippen LogP contribution < -0.4 is 19.5 Å². The molecule has 0 bridgehead atoms. The molecule has 1 unspecified atom stereocenters. The number of nitrogens with zero attached hydrogens (tertiary/aromatic N) is 1. The van der Waals surface area contributed by atoms with Gasteiger partial charge in [0, 0.05) is 23.8 Å². The lowest BCUT2D eigenvalue weighted by molar-refractivity contribution is -0.143. The molecule has 0 saturated heterocycles. The molecule has 252 valence electrons. The molecule has 5 aromatic rings. The zero-order chi connectivity index (χ0) is 34.8. The highest BCUT2D eigenvalue weighted by molar-refractivity contribution is 7.92. The van der Waals surface area contributed by atoms with Gasteiger partial charge in [0.15, 0.2) is 6.61 Å². The maximum atomic E-state index is 14.0. The number of methoxy groups -OCH3 is 1. The molecule has 1 atom stereocenters. The smallest absolute Gasteiger partial charge is 0.261 e. The van der Waals surface area contributed by atoms with E-state index in [1.165, 1.54) is 41.3 Å². The van der Waals surface area contributed by atoms with Crippen LogP contribution >= 0.6 is 11.6 Å². The standard InChI is InChI=1S/C37H33ClFN3O6S/c1-47-32-17-9-26(10-18-32)23-40-37(44)36(28-5-3-2-4-6-28)42(24-27-7-11-29(38)12-8-27)35(43)25-48-33-19-21-34(22-20-33)49(45,46)41-31-15-13-30(39)14-16-31/h2-22,36,41H,23-25H2,1H3,(H,40,44). The van der Waals surface area contributed by atoms with Gasteiger partial charge < -0.3 is 19.7 Å². The van der Waals surface area contributed by atoms with Gasteiger partial charge in [-0.3, -0.25) is 14.3 Å². The molecule has 0 spiro atoms. The van der Waals surface area contributed by atoms with Gasteiger partial charge in [-0.15, -0.1) is 0 Å². The Hall–Kier alpha value is -5.39. The zero-order valence-corrected chi connectivity index (χ0v) is 28.0. The number of anilines is 1. The molecule has 0 aliphatic heterocycles. The molecular formula is C37H33ClFN3O6S. The predicted molar refractivity (Wildman–Crippen MR) is 185 cm³/mol. The molecule has 0 heterocycles. The molecule has 0 fully saturated rings. The van der Waals surface area contributed by atoms with Crippen LogP contribution in [0, 0.1) is 5.82 Å². The topological polar surface area (TPSA) is 114 Å². The molecule has 9 nitrogen and oxygen atoms in total. The van der Waals surface area contributed by atoms with Gasteiger partial charge in [0.1, 0.15) is 23.4 Å². The van der Waals surface area contributed by atoms with E-state index in [4.69, 9.17) is 21.1 Å². The molecule has 2 amide bonds. The molecule has 0 radical (unpaired) electrons. The average Bonchev–Trinajstić information content (AvgIpc) is 3.12. The summed E-state index contributed by atoms with van der Waals surface area (Å²) in [6, 6.07) is 32.6. The van der Waals surface area contributed by atoms with Crippen molar-refractivity contribution in [1.82, 2.24) is 10.2 Å². The van der Waals surface area contributed by atoms with Crippen LogP contribution in [0.15, 0.2) is 132 Å². The molecule has 2 N–H and O–H groups in total. The number of benzene rings is 5. The molecular weight excluding hydrogens is 669 g/mol. The summed E-state index contributed by atoms with van der Waals surface area (Å²) in [5.41, 5.74) is 2.39. The summed E-state index contributed by atoms with van der Waals surface area (Å²) in [5, 5.41) is 3.49. The van der Waals surface area contributed by atoms with E-state index in [9.17, 15) is 22.4 Å². The third-order valence-corrected chi connectivity index (χ3v) is 9.13. The lowest BCUT2D eigenvalue weighted by atomic mass is 10.0. The summed E-state index contributed by atoms with van der Waals surface area (Å²) < 4.78 is 52.3. The Morgan fingerprint density at radius 3 is 2.04 bits per heavy atom. The molecule has 5 rings (SSSR count). The van der Waals surface area contributed by atoms with Crippen molar-refractivity contribution in [3.63, 3.8) is 0 Å². The minimum absolute atomic E-state index is 0.0578. The highest BCUT2D eigenvalue weighted by Crippen LogP contribution is 2.26. The number of rotatable bonds is 14. The number of carbonyl (C=O) groups excluding carboxylic acids is 2. The fourth-order valence-corrected chi connectivity index (χ4v) is 6.11. The Morgan fingerprint density at radius 2 is 1.41 bits per heavy atom. The minimum atomic E-state index is -3.97. The van der Waals surface area contributed by atoms with Crippen molar-refractivity contribution in [2.75, 3.05) is 18.4 Å². The Morgan fingerprint density at radius 1 is 0.796 bits per heavy atom. The summed E-state index contributed by atoms with van der Waals surface area (Å²) in [4.78, 5) is 29.2. The van der Waals surface area contributed by atoms with Crippen LogP contribution in [-0.4, -0.2) is 38.8 Å². The first kappa shape index (κ1) is 34.9. The number of amides is 2. The first-order valence-electron chi connectivity index (χ1n) is 15.1. The van der Waals surface area contributed by atoms with Crippen molar-refractivity contribution in [3.8, 4) is 11.5 Å². The zero-order valence-electron chi connectivity index (χ0n) is 26.4. The number of hydrogen-bond donors (Lipinski definition) is 2. The van der Waals surface area contributed by atoms with Crippen LogP contribution in [0.25, 0.3) is 0 Å². The van der Waals surface area contributed by atoms with E-state index in [0.717, 1.165) is 23.3 Å². The van der Waals surface area contributed by atoms with Crippen LogP contribution in [0.2, 0.25) is 5.02 Å². The molecule has 12 heteroatoms. The van der Waals surface area contributed by atoms with Crippen LogP contribution in [0.4, 0.5) is 10.1 Å².